The van der Waals surface area contributed by atoms with Crippen LogP contribution in [0, 0.1) is 11.2 Å². The fraction of sp³-hybridized carbons (Fsp3) is 0.100. The molecule has 0 saturated carbocycles. The zero-order valence-electron chi connectivity index (χ0n) is 14.9. The van der Waals surface area contributed by atoms with Gasteiger partial charge in [0.05, 0.1) is 17.6 Å². The number of hydrogen-bond acceptors (Lipinski definition) is 5. The molecule has 0 atom stereocenters. The lowest BCUT2D eigenvalue weighted by Gasteiger charge is -2.13. The minimum atomic E-state index is -3.26. The molecule has 0 saturated heterocycles. The molecule has 0 spiro atoms. The third-order valence-corrected chi connectivity index (χ3v) is 3.79. The molecule has 9 heteroatoms. The molecular formula is C20H15F3N4O2. The lowest BCUT2D eigenvalue weighted by atomic mass is 10.1. The van der Waals surface area contributed by atoms with Crippen molar-refractivity contribution in [1.29, 1.82) is 5.41 Å². The summed E-state index contributed by atoms with van der Waals surface area (Å²) in [6.07, 6.45) is 1.80. The zero-order valence-corrected chi connectivity index (χ0v) is 14.9. The zero-order chi connectivity index (χ0) is 20.8. The quantitative estimate of drug-likeness (QED) is 0.606. The first-order chi connectivity index (χ1) is 14.0. The maximum absolute atomic E-state index is 14.2. The Kier molecular flexibility index (Phi) is 6.18. The smallest absolute Gasteiger partial charge is 0.387 e. The summed E-state index contributed by atoms with van der Waals surface area (Å²) in [5.74, 6) is -1.38. The van der Waals surface area contributed by atoms with E-state index in [1.807, 2.05) is 0 Å². The van der Waals surface area contributed by atoms with E-state index in [0.29, 0.717) is 5.69 Å². The van der Waals surface area contributed by atoms with Crippen LogP contribution < -0.4 is 10.2 Å². The molecular weight excluding hydrogens is 385 g/mol. The SMILES string of the molecule is N=CCC(=Nc1ccccc1)c1nn(-c2ccccc2F)cc(OC(F)F)c1=O. The van der Waals surface area contributed by atoms with Crippen molar-refractivity contribution >= 4 is 17.6 Å². The van der Waals surface area contributed by atoms with E-state index in [-0.39, 0.29) is 23.5 Å². The van der Waals surface area contributed by atoms with Crippen LogP contribution in [-0.2, 0) is 0 Å². The molecule has 1 N–H and O–H groups in total. The molecule has 3 rings (SSSR count). The van der Waals surface area contributed by atoms with Crippen LogP contribution in [-0.4, -0.2) is 28.3 Å². The summed E-state index contributed by atoms with van der Waals surface area (Å²) in [6, 6.07) is 14.1. The van der Waals surface area contributed by atoms with Gasteiger partial charge in [0.2, 0.25) is 0 Å². The van der Waals surface area contributed by atoms with E-state index in [2.05, 4.69) is 14.8 Å². The summed E-state index contributed by atoms with van der Waals surface area (Å²) in [7, 11) is 0. The van der Waals surface area contributed by atoms with Crippen LogP contribution in [0.15, 0.2) is 70.6 Å². The average molecular weight is 400 g/mol. The summed E-state index contributed by atoms with van der Waals surface area (Å²) >= 11 is 0. The number of rotatable bonds is 7. The second-order valence-corrected chi connectivity index (χ2v) is 5.75. The normalized spacial score (nSPS) is 11.5. The Morgan fingerprint density at radius 2 is 1.86 bits per heavy atom. The van der Waals surface area contributed by atoms with Gasteiger partial charge in [-0.3, -0.25) is 9.79 Å². The van der Waals surface area contributed by atoms with Gasteiger partial charge >= 0.3 is 6.61 Å². The van der Waals surface area contributed by atoms with Crippen LogP contribution in [0.1, 0.15) is 12.1 Å². The van der Waals surface area contributed by atoms with Gasteiger partial charge in [0.15, 0.2) is 11.4 Å². The number of ether oxygens (including phenoxy) is 1. The number of aliphatic imine (C=N–C) groups is 1. The molecule has 1 aromatic heterocycles. The predicted molar refractivity (Wildman–Crippen MR) is 102 cm³/mol. The van der Waals surface area contributed by atoms with Crippen LogP contribution in [0.2, 0.25) is 0 Å². The van der Waals surface area contributed by atoms with Crippen molar-refractivity contribution in [2.75, 3.05) is 0 Å². The molecule has 0 fully saturated rings. The number of para-hydroxylation sites is 2. The van der Waals surface area contributed by atoms with E-state index in [4.69, 9.17) is 5.41 Å². The average Bonchev–Trinajstić information content (AvgIpc) is 2.70. The van der Waals surface area contributed by atoms with Crippen LogP contribution in [0.3, 0.4) is 0 Å². The highest BCUT2D eigenvalue weighted by Crippen LogP contribution is 2.18. The van der Waals surface area contributed by atoms with Gasteiger partial charge in [-0.05, 0) is 24.3 Å². The summed E-state index contributed by atoms with van der Waals surface area (Å²) in [6.45, 7) is -3.26. The molecule has 2 aromatic carbocycles. The van der Waals surface area contributed by atoms with Gasteiger partial charge in [-0.15, -0.1) is 0 Å². The van der Waals surface area contributed by atoms with Crippen molar-refractivity contribution in [3.63, 3.8) is 0 Å². The summed E-state index contributed by atoms with van der Waals surface area (Å²) in [4.78, 5) is 17.0. The van der Waals surface area contributed by atoms with Crippen LogP contribution in [0.25, 0.3) is 5.69 Å². The van der Waals surface area contributed by atoms with E-state index >= 15 is 0 Å². The standard InChI is InChI=1S/C20H15F3N4O2/c21-14-8-4-5-9-16(14)27-12-17(29-20(22)23)19(28)18(26-27)15(10-11-24)25-13-6-2-1-3-7-13/h1-9,11-12,20,24H,10H2. The molecule has 0 radical (unpaired) electrons. The molecule has 1 heterocycles. The first-order valence-corrected chi connectivity index (χ1v) is 8.45. The molecule has 0 amide bonds. The van der Waals surface area contributed by atoms with Gasteiger partial charge in [-0.2, -0.15) is 13.9 Å². The lowest BCUT2D eigenvalue weighted by molar-refractivity contribution is -0.0510. The minimum Gasteiger partial charge on any atom is -0.429 e. The second-order valence-electron chi connectivity index (χ2n) is 5.75. The van der Waals surface area contributed by atoms with Gasteiger partial charge < -0.3 is 10.1 Å². The molecule has 0 unspecified atom stereocenters. The number of aromatic nitrogens is 2. The number of halogens is 3. The molecule has 0 aliphatic heterocycles. The minimum absolute atomic E-state index is 0.0565. The monoisotopic (exact) mass is 400 g/mol. The maximum Gasteiger partial charge on any atom is 0.387 e. The maximum atomic E-state index is 14.2. The van der Waals surface area contributed by atoms with Crippen LogP contribution in [0.4, 0.5) is 18.9 Å². The van der Waals surface area contributed by atoms with Gasteiger partial charge in [0, 0.05) is 12.6 Å². The van der Waals surface area contributed by atoms with E-state index in [1.54, 1.807) is 30.3 Å². The fourth-order valence-corrected chi connectivity index (χ4v) is 2.55. The first-order valence-electron chi connectivity index (χ1n) is 8.45. The van der Waals surface area contributed by atoms with Crippen LogP contribution >= 0.6 is 0 Å². The molecule has 0 bridgehead atoms. The molecule has 148 valence electrons. The summed E-state index contributed by atoms with van der Waals surface area (Å²) in [5.41, 5.74) is -0.792. The van der Waals surface area contributed by atoms with Gasteiger partial charge in [0.25, 0.3) is 5.43 Å². The second kappa shape index (κ2) is 8.96. The Morgan fingerprint density at radius 3 is 2.52 bits per heavy atom. The molecule has 3 aromatic rings. The topological polar surface area (TPSA) is 80.3 Å². The van der Waals surface area contributed by atoms with Gasteiger partial charge in [-0.25, -0.2) is 9.07 Å². The van der Waals surface area contributed by atoms with E-state index < -0.39 is 23.6 Å². The Morgan fingerprint density at radius 1 is 1.17 bits per heavy atom. The Labute approximate surface area is 163 Å². The van der Waals surface area contributed by atoms with Crippen molar-refractivity contribution in [3.05, 3.63) is 82.5 Å². The molecule has 0 aliphatic rings. The first kappa shape index (κ1) is 20.0. The van der Waals surface area contributed by atoms with Crippen molar-refractivity contribution in [3.8, 4) is 11.4 Å². The highest BCUT2D eigenvalue weighted by atomic mass is 19.3. The van der Waals surface area contributed by atoms with Gasteiger partial charge in [-0.1, -0.05) is 30.3 Å². The Hall–Kier alpha value is -3.75. The van der Waals surface area contributed by atoms with E-state index in [9.17, 15) is 18.0 Å². The third-order valence-electron chi connectivity index (χ3n) is 3.79. The largest absolute Gasteiger partial charge is 0.429 e. The van der Waals surface area contributed by atoms with Gasteiger partial charge in [0.1, 0.15) is 11.5 Å². The summed E-state index contributed by atoms with van der Waals surface area (Å²) < 4.78 is 45.1. The fourth-order valence-electron chi connectivity index (χ4n) is 2.55. The number of alkyl halides is 2. The van der Waals surface area contributed by atoms with Crippen molar-refractivity contribution in [1.82, 2.24) is 9.78 Å². The Bertz CT molecular complexity index is 1100. The molecule has 0 aliphatic carbocycles. The predicted octanol–water partition coefficient (Wildman–Crippen LogP) is 4.13. The van der Waals surface area contributed by atoms with Crippen molar-refractivity contribution < 1.29 is 17.9 Å². The van der Waals surface area contributed by atoms with Crippen molar-refractivity contribution in [2.45, 2.75) is 13.0 Å². The van der Waals surface area contributed by atoms with E-state index in [0.717, 1.165) is 17.1 Å². The highest BCUT2D eigenvalue weighted by molar-refractivity contribution is 6.06. The highest BCUT2D eigenvalue weighted by Gasteiger charge is 2.20. The number of nitrogens with one attached hydrogen (secondary N) is 1. The lowest BCUT2D eigenvalue weighted by Crippen LogP contribution is -2.25. The molecule has 29 heavy (non-hydrogen) atoms. The third kappa shape index (κ3) is 4.75. The van der Waals surface area contributed by atoms with Crippen LogP contribution in [0.5, 0.6) is 5.75 Å². The number of nitrogens with zero attached hydrogens (tertiary/aromatic N) is 3. The Balaban J connectivity index is 2.24. The number of benzene rings is 2. The number of hydrogen-bond donors (Lipinski definition) is 1. The van der Waals surface area contributed by atoms with Crippen molar-refractivity contribution in [2.24, 2.45) is 4.99 Å². The van der Waals surface area contributed by atoms with E-state index in [1.165, 1.54) is 24.3 Å². The summed E-state index contributed by atoms with van der Waals surface area (Å²) in [5, 5.41) is 11.5. The molecule has 6 nitrogen and oxygen atoms in total.